The summed E-state index contributed by atoms with van der Waals surface area (Å²) in [5, 5.41) is 0. The molecule has 0 heterocycles. The summed E-state index contributed by atoms with van der Waals surface area (Å²) >= 11 is 3.58. The molecular weight excluding hydrogens is 324 g/mol. The minimum Gasteiger partial charge on any atom is -0.489 e. The summed E-state index contributed by atoms with van der Waals surface area (Å²) in [5.41, 5.74) is 3.85. The molecule has 0 bridgehead atoms. The summed E-state index contributed by atoms with van der Waals surface area (Å²) in [6.07, 6.45) is 4.48. The Morgan fingerprint density at radius 2 is 1.67 bits per heavy atom. The molecule has 0 saturated carbocycles. The summed E-state index contributed by atoms with van der Waals surface area (Å²) in [6, 6.07) is 14.9. The van der Waals surface area contributed by atoms with E-state index in [1.807, 2.05) is 12.1 Å². The van der Waals surface area contributed by atoms with Crippen LogP contribution in [0.25, 0.3) is 0 Å². The molecular formula is C19H23BrO. The van der Waals surface area contributed by atoms with E-state index in [2.05, 4.69) is 60.1 Å². The third kappa shape index (κ3) is 4.60. The first kappa shape index (κ1) is 16.1. The van der Waals surface area contributed by atoms with Crippen LogP contribution in [-0.2, 0) is 19.4 Å². The van der Waals surface area contributed by atoms with E-state index in [1.54, 1.807) is 0 Å². The minimum absolute atomic E-state index is 0.605. The predicted octanol–water partition coefficient (Wildman–Crippen LogP) is 5.93. The van der Waals surface area contributed by atoms with Crippen molar-refractivity contribution in [2.24, 2.45) is 0 Å². The third-order valence-electron chi connectivity index (χ3n) is 3.53. The number of hydrogen-bond acceptors (Lipinski definition) is 1. The molecule has 0 spiro atoms. The minimum atomic E-state index is 0.605. The van der Waals surface area contributed by atoms with Gasteiger partial charge in [-0.3, -0.25) is 0 Å². The van der Waals surface area contributed by atoms with Gasteiger partial charge in [0.2, 0.25) is 0 Å². The van der Waals surface area contributed by atoms with Gasteiger partial charge in [0.15, 0.2) is 0 Å². The molecule has 0 amide bonds. The molecule has 0 fully saturated rings. The van der Waals surface area contributed by atoms with Crippen LogP contribution in [-0.4, -0.2) is 0 Å². The Bertz CT molecular complexity index is 578. The SMILES string of the molecule is CCCc1ccc(CCC)c(OCc2ccccc2Br)c1. The number of halogens is 1. The van der Waals surface area contributed by atoms with Crippen molar-refractivity contribution >= 4 is 15.9 Å². The Kier molecular flexibility index (Phi) is 6.31. The standard InChI is InChI=1S/C19H23BrO/c1-3-7-15-11-12-16(8-4-2)19(13-15)21-14-17-9-5-6-10-18(17)20/h5-6,9-13H,3-4,7-8,14H2,1-2H3. The largest absolute Gasteiger partial charge is 0.489 e. The molecule has 0 radical (unpaired) electrons. The van der Waals surface area contributed by atoms with E-state index in [4.69, 9.17) is 4.74 Å². The van der Waals surface area contributed by atoms with Crippen molar-refractivity contribution in [1.29, 1.82) is 0 Å². The van der Waals surface area contributed by atoms with Gasteiger partial charge in [-0.25, -0.2) is 0 Å². The quantitative estimate of drug-likeness (QED) is 0.603. The van der Waals surface area contributed by atoms with Crippen molar-refractivity contribution in [2.45, 2.75) is 46.1 Å². The number of ether oxygens (including phenoxy) is 1. The molecule has 0 aliphatic heterocycles. The summed E-state index contributed by atoms with van der Waals surface area (Å²) < 4.78 is 7.22. The first-order valence-electron chi connectivity index (χ1n) is 7.72. The lowest BCUT2D eigenvalue weighted by Crippen LogP contribution is -2.00. The molecule has 0 atom stereocenters. The highest BCUT2D eigenvalue weighted by molar-refractivity contribution is 9.10. The van der Waals surface area contributed by atoms with Crippen LogP contribution in [0, 0.1) is 0 Å². The van der Waals surface area contributed by atoms with Crippen LogP contribution in [0.1, 0.15) is 43.4 Å². The monoisotopic (exact) mass is 346 g/mol. The van der Waals surface area contributed by atoms with Crippen molar-refractivity contribution in [3.8, 4) is 5.75 Å². The first-order valence-corrected chi connectivity index (χ1v) is 8.52. The fraction of sp³-hybridized carbons (Fsp3) is 0.368. The Labute approximate surface area is 136 Å². The Hall–Kier alpha value is -1.28. The summed E-state index contributed by atoms with van der Waals surface area (Å²) in [7, 11) is 0. The second-order valence-electron chi connectivity index (χ2n) is 5.32. The maximum absolute atomic E-state index is 6.11. The molecule has 0 unspecified atom stereocenters. The molecule has 0 saturated heterocycles. The normalized spacial score (nSPS) is 10.6. The molecule has 2 aromatic carbocycles. The van der Waals surface area contributed by atoms with Gasteiger partial charge in [0, 0.05) is 10.0 Å². The van der Waals surface area contributed by atoms with Crippen LogP contribution in [0.4, 0.5) is 0 Å². The lowest BCUT2D eigenvalue weighted by Gasteiger charge is -2.14. The number of hydrogen-bond donors (Lipinski definition) is 0. The van der Waals surface area contributed by atoms with Crippen LogP contribution in [0.2, 0.25) is 0 Å². The highest BCUT2D eigenvalue weighted by Crippen LogP contribution is 2.25. The lowest BCUT2D eigenvalue weighted by molar-refractivity contribution is 0.301. The van der Waals surface area contributed by atoms with Crippen LogP contribution < -0.4 is 4.74 Å². The fourth-order valence-corrected chi connectivity index (χ4v) is 2.82. The van der Waals surface area contributed by atoms with Gasteiger partial charge in [0.1, 0.15) is 12.4 Å². The van der Waals surface area contributed by atoms with Gasteiger partial charge in [0.05, 0.1) is 0 Å². The van der Waals surface area contributed by atoms with Gasteiger partial charge in [-0.2, -0.15) is 0 Å². The van der Waals surface area contributed by atoms with E-state index in [-0.39, 0.29) is 0 Å². The molecule has 0 N–H and O–H groups in total. The highest BCUT2D eigenvalue weighted by atomic mass is 79.9. The van der Waals surface area contributed by atoms with E-state index >= 15 is 0 Å². The van der Waals surface area contributed by atoms with Gasteiger partial charge in [-0.1, -0.05) is 73.0 Å². The summed E-state index contributed by atoms with van der Waals surface area (Å²) in [5.74, 6) is 1.04. The number of rotatable bonds is 7. The molecule has 2 heteroatoms. The average molecular weight is 347 g/mol. The van der Waals surface area contributed by atoms with E-state index in [9.17, 15) is 0 Å². The Morgan fingerprint density at radius 1 is 0.905 bits per heavy atom. The lowest BCUT2D eigenvalue weighted by atomic mass is 10.0. The maximum Gasteiger partial charge on any atom is 0.123 e. The topological polar surface area (TPSA) is 9.23 Å². The molecule has 2 rings (SSSR count). The zero-order chi connectivity index (χ0) is 15.1. The van der Waals surface area contributed by atoms with Gasteiger partial charge >= 0.3 is 0 Å². The van der Waals surface area contributed by atoms with Crippen LogP contribution in [0.15, 0.2) is 46.9 Å². The Morgan fingerprint density at radius 3 is 2.38 bits per heavy atom. The summed E-state index contributed by atoms with van der Waals surface area (Å²) in [6.45, 7) is 5.02. The molecule has 0 aliphatic rings. The second kappa shape index (κ2) is 8.23. The van der Waals surface area contributed by atoms with E-state index < -0.39 is 0 Å². The molecule has 112 valence electrons. The molecule has 0 aromatic heterocycles. The van der Waals surface area contributed by atoms with E-state index in [1.165, 1.54) is 16.7 Å². The van der Waals surface area contributed by atoms with Crippen LogP contribution >= 0.6 is 15.9 Å². The third-order valence-corrected chi connectivity index (χ3v) is 4.30. The highest BCUT2D eigenvalue weighted by Gasteiger charge is 2.06. The second-order valence-corrected chi connectivity index (χ2v) is 6.18. The van der Waals surface area contributed by atoms with E-state index in [0.29, 0.717) is 6.61 Å². The molecule has 21 heavy (non-hydrogen) atoms. The van der Waals surface area contributed by atoms with Gasteiger partial charge < -0.3 is 4.74 Å². The number of aryl methyl sites for hydroxylation is 2. The van der Waals surface area contributed by atoms with Crippen molar-refractivity contribution < 1.29 is 4.74 Å². The van der Waals surface area contributed by atoms with Crippen LogP contribution in [0.3, 0.4) is 0 Å². The zero-order valence-corrected chi connectivity index (χ0v) is 14.4. The fourth-order valence-electron chi connectivity index (χ4n) is 2.42. The van der Waals surface area contributed by atoms with Crippen molar-refractivity contribution in [3.05, 3.63) is 63.6 Å². The smallest absolute Gasteiger partial charge is 0.123 e. The number of benzene rings is 2. The predicted molar refractivity (Wildman–Crippen MR) is 92.9 cm³/mol. The van der Waals surface area contributed by atoms with E-state index in [0.717, 1.165) is 35.9 Å². The molecule has 1 nitrogen and oxygen atoms in total. The van der Waals surface area contributed by atoms with Gasteiger partial charge in [-0.05, 0) is 36.1 Å². The first-order chi connectivity index (χ1) is 10.2. The van der Waals surface area contributed by atoms with Gasteiger partial charge in [-0.15, -0.1) is 0 Å². The maximum atomic E-state index is 6.11. The van der Waals surface area contributed by atoms with Crippen molar-refractivity contribution in [1.82, 2.24) is 0 Å². The molecule has 0 aliphatic carbocycles. The summed E-state index contributed by atoms with van der Waals surface area (Å²) in [4.78, 5) is 0. The van der Waals surface area contributed by atoms with Gasteiger partial charge in [0.25, 0.3) is 0 Å². The average Bonchev–Trinajstić information content (AvgIpc) is 2.49. The van der Waals surface area contributed by atoms with Crippen molar-refractivity contribution in [3.63, 3.8) is 0 Å². The van der Waals surface area contributed by atoms with Crippen LogP contribution in [0.5, 0.6) is 5.75 Å². The Balaban J connectivity index is 2.16. The molecule has 2 aromatic rings. The van der Waals surface area contributed by atoms with Crippen molar-refractivity contribution in [2.75, 3.05) is 0 Å². The zero-order valence-electron chi connectivity index (χ0n) is 12.9.